The number of nitrogens with one attached hydrogen (secondary N) is 1. The molecule has 1 aromatic heterocycles. The molecule has 1 atom stereocenters. The number of hydrogen-bond acceptors (Lipinski definition) is 6. The Kier molecular flexibility index (Phi) is 6.78. The van der Waals surface area contributed by atoms with Crippen LogP contribution in [0.1, 0.15) is 23.0 Å². The molecule has 2 rings (SSSR count). The molecule has 9 heteroatoms. The first-order valence-corrected chi connectivity index (χ1v) is 9.39. The summed E-state index contributed by atoms with van der Waals surface area (Å²) in [6.07, 6.45) is 4.53. The van der Waals surface area contributed by atoms with Crippen LogP contribution in [0.4, 0.5) is 0 Å². The van der Waals surface area contributed by atoms with Gasteiger partial charge in [-0.2, -0.15) is 4.31 Å². The fourth-order valence-electron chi connectivity index (χ4n) is 2.30. The van der Waals surface area contributed by atoms with Crippen molar-refractivity contribution >= 4 is 15.9 Å². The Morgan fingerprint density at radius 2 is 2.12 bits per heavy atom. The van der Waals surface area contributed by atoms with Crippen molar-refractivity contribution in [1.82, 2.24) is 19.6 Å². The summed E-state index contributed by atoms with van der Waals surface area (Å²) in [4.78, 5) is 20.3. The second-order valence-corrected chi connectivity index (χ2v) is 7.86. The number of carbonyl (C=O) groups is 1. The van der Waals surface area contributed by atoms with Gasteiger partial charge in [-0.15, -0.1) is 0 Å². The van der Waals surface area contributed by atoms with E-state index in [1.165, 1.54) is 42.1 Å². The van der Waals surface area contributed by atoms with Gasteiger partial charge in [0.2, 0.25) is 10.0 Å². The summed E-state index contributed by atoms with van der Waals surface area (Å²) in [5.41, 5.74) is 0.794. The highest BCUT2D eigenvalue weighted by Gasteiger charge is 2.22. The number of aromatic nitrogens is 2. The number of benzene rings is 1. The molecule has 0 radical (unpaired) electrons. The summed E-state index contributed by atoms with van der Waals surface area (Å²) in [6.45, 7) is 2.25. The number of hydrogen-bond donors (Lipinski definition) is 1. The fraction of sp³-hybridized carbons (Fsp3) is 0.353. The molecular formula is C17H22N4O4S. The van der Waals surface area contributed by atoms with Crippen LogP contribution in [0.2, 0.25) is 0 Å². The van der Waals surface area contributed by atoms with E-state index in [4.69, 9.17) is 4.74 Å². The fourth-order valence-corrected chi connectivity index (χ4v) is 3.49. The van der Waals surface area contributed by atoms with Gasteiger partial charge < -0.3 is 10.1 Å². The number of sulfonamides is 1. The first kappa shape index (κ1) is 20.0. The Bertz CT molecular complexity index is 843. The Labute approximate surface area is 153 Å². The molecule has 0 unspecified atom stereocenters. The van der Waals surface area contributed by atoms with Gasteiger partial charge in [0.05, 0.1) is 23.7 Å². The van der Waals surface area contributed by atoms with E-state index in [9.17, 15) is 13.2 Å². The minimum atomic E-state index is -3.77. The molecular weight excluding hydrogens is 356 g/mol. The van der Waals surface area contributed by atoms with Crippen molar-refractivity contribution in [3.05, 3.63) is 54.1 Å². The molecule has 0 fully saturated rings. The number of carbonyl (C=O) groups excluding carboxylic acids is 1. The summed E-state index contributed by atoms with van der Waals surface area (Å²) >= 11 is 0. The Balaban J connectivity index is 2.18. The van der Waals surface area contributed by atoms with E-state index in [1.807, 2.05) is 0 Å². The number of nitrogens with zero attached hydrogens (tertiary/aromatic N) is 3. The van der Waals surface area contributed by atoms with Crippen LogP contribution < -0.4 is 5.32 Å². The van der Waals surface area contributed by atoms with Gasteiger partial charge in [-0.3, -0.25) is 14.8 Å². The van der Waals surface area contributed by atoms with E-state index in [0.29, 0.717) is 12.3 Å². The van der Waals surface area contributed by atoms with Crippen LogP contribution in [0.15, 0.2) is 47.8 Å². The third-order valence-electron chi connectivity index (χ3n) is 3.60. The number of amides is 1. The van der Waals surface area contributed by atoms with Crippen LogP contribution in [0.5, 0.6) is 0 Å². The van der Waals surface area contributed by atoms with Crippen molar-refractivity contribution in [2.75, 3.05) is 20.8 Å². The molecule has 0 aliphatic heterocycles. The first-order valence-electron chi connectivity index (χ1n) is 7.95. The number of ether oxygens (including phenoxy) is 1. The van der Waals surface area contributed by atoms with Gasteiger partial charge >= 0.3 is 0 Å². The molecule has 1 amide bonds. The van der Waals surface area contributed by atoms with Crippen molar-refractivity contribution in [1.29, 1.82) is 0 Å². The predicted molar refractivity (Wildman–Crippen MR) is 95.9 cm³/mol. The van der Waals surface area contributed by atoms with Crippen LogP contribution in [0.25, 0.3) is 0 Å². The van der Waals surface area contributed by atoms with Gasteiger partial charge in [0.25, 0.3) is 5.91 Å². The van der Waals surface area contributed by atoms with Crippen LogP contribution in [0, 0.1) is 0 Å². The van der Waals surface area contributed by atoms with Crippen LogP contribution in [-0.2, 0) is 21.3 Å². The first-order chi connectivity index (χ1) is 12.3. The molecule has 0 aliphatic rings. The van der Waals surface area contributed by atoms with Crippen molar-refractivity contribution < 1.29 is 17.9 Å². The zero-order valence-electron chi connectivity index (χ0n) is 14.9. The zero-order valence-corrected chi connectivity index (χ0v) is 15.7. The summed E-state index contributed by atoms with van der Waals surface area (Å²) in [5.74, 6) is -0.358. The van der Waals surface area contributed by atoms with Gasteiger partial charge in [0, 0.05) is 44.4 Å². The lowest BCUT2D eigenvalue weighted by molar-refractivity contribution is 0.0905. The highest BCUT2D eigenvalue weighted by molar-refractivity contribution is 7.89. The topological polar surface area (TPSA) is 101 Å². The maximum absolute atomic E-state index is 12.8. The molecule has 1 heterocycles. The molecule has 26 heavy (non-hydrogen) atoms. The average molecular weight is 378 g/mol. The largest absolute Gasteiger partial charge is 0.383 e. The van der Waals surface area contributed by atoms with E-state index in [-0.39, 0.29) is 29.0 Å². The summed E-state index contributed by atoms with van der Waals surface area (Å²) in [5, 5.41) is 2.75. The van der Waals surface area contributed by atoms with Gasteiger partial charge in [0.15, 0.2) is 0 Å². The molecule has 0 spiro atoms. The summed E-state index contributed by atoms with van der Waals surface area (Å²) in [6, 6.07) is 5.73. The second kappa shape index (κ2) is 8.84. The van der Waals surface area contributed by atoms with Gasteiger partial charge in [0.1, 0.15) is 0 Å². The van der Waals surface area contributed by atoms with E-state index in [1.54, 1.807) is 26.2 Å². The standard InChI is InChI=1S/C17H22N4O4S/c1-13(12-25-3)20-17(22)14-5-4-6-16(9-14)26(23,24)21(2)11-15-10-18-7-8-19-15/h4-10,13H,11-12H2,1-3H3,(H,20,22)/t13-/m0/s1. The molecule has 0 saturated heterocycles. The second-order valence-electron chi connectivity index (χ2n) is 5.82. The molecule has 0 aliphatic carbocycles. The molecule has 0 saturated carbocycles. The normalized spacial score (nSPS) is 12.8. The van der Waals surface area contributed by atoms with Crippen LogP contribution in [-0.4, -0.2) is 55.4 Å². The Morgan fingerprint density at radius 3 is 2.77 bits per heavy atom. The third-order valence-corrected chi connectivity index (χ3v) is 5.40. The van der Waals surface area contributed by atoms with E-state index >= 15 is 0 Å². The quantitative estimate of drug-likeness (QED) is 0.737. The van der Waals surface area contributed by atoms with Crippen molar-refractivity contribution in [2.45, 2.75) is 24.4 Å². The number of methoxy groups -OCH3 is 1. The van der Waals surface area contributed by atoms with Gasteiger partial charge in [-0.25, -0.2) is 8.42 Å². The van der Waals surface area contributed by atoms with Crippen LogP contribution >= 0.6 is 0 Å². The predicted octanol–water partition coefficient (Wildman–Crippen LogP) is 1.06. The lowest BCUT2D eigenvalue weighted by atomic mass is 10.2. The highest BCUT2D eigenvalue weighted by atomic mass is 32.2. The SMILES string of the molecule is COC[C@H](C)NC(=O)c1cccc(S(=O)(=O)N(C)Cc2cnccn2)c1. The van der Waals surface area contributed by atoms with E-state index < -0.39 is 10.0 Å². The molecule has 1 aromatic carbocycles. The lowest BCUT2D eigenvalue weighted by Crippen LogP contribution is -2.35. The average Bonchev–Trinajstić information content (AvgIpc) is 2.62. The minimum Gasteiger partial charge on any atom is -0.383 e. The van der Waals surface area contributed by atoms with E-state index in [2.05, 4.69) is 15.3 Å². The molecule has 1 N–H and O–H groups in total. The molecule has 2 aromatic rings. The lowest BCUT2D eigenvalue weighted by Gasteiger charge is -2.17. The van der Waals surface area contributed by atoms with Gasteiger partial charge in [-0.05, 0) is 25.1 Å². The highest BCUT2D eigenvalue weighted by Crippen LogP contribution is 2.17. The molecule has 140 valence electrons. The molecule has 8 nitrogen and oxygen atoms in total. The Hall–Kier alpha value is -2.36. The summed E-state index contributed by atoms with van der Waals surface area (Å²) < 4.78 is 31.7. The smallest absolute Gasteiger partial charge is 0.251 e. The van der Waals surface area contributed by atoms with Crippen molar-refractivity contribution in [2.24, 2.45) is 0 Å². The zero-order chi connectivity index (χ0) is 19.2. The maximum atomic E-state index is 12.8. The number of rotatable bonds is 8. The molecule has 0 bridgehead atoms. The minimum absolute atomic E-state index is 0.0379. The Morgan fingerprint density at radius 1 is 1.35 bits per heavy atom. The van der Waals surface area contributed by atoms with Gasteiger partial charge in [-0.1, -0.05) is 6.07 Å². The van der Waals surface area contributed by atoms with Crippen molar-refractivity contribution in [3.63, 3.8) is 0 Å². The summed E-state index contributed by atoms with van der Waals surface area (Å²) in [7, 11) is -0.771. The maximum Gasteiger partial charge on any atom is 0.251 e. The third kappa shape index (κ3) is 5.07. The van der Waals surface area contributed by atoms with Crippen LogP contribution in [0.3, 0.4) is 0 Å². The van der Waals surface area contributed by atoms with Crippen molar-refractivity contribution in [3.8, 4) is 0 Å². The van der Waals surface area contributed by atoms with E-state index in [0.717, 1.165) is 0 Å². The monoisotopic (exact) mass is 378 g/mol.